The maximum atomic E-state index is 12.5. The Labute approximate surface area is 438 Å². The summed E-state index contributed by atoms with van der Waals surface area (Å²) in [5.74, 6) is -0.0734. The molecule has 0 bridgehead atoms. The predicted molar refractivity (Wildman–Crippen MR) is 306 cm³/mol. The van der Waals surface area contributed by atoms with E-state index in [9.17, 15) is 19.8 Å². The number of carbonyl (C=O) groups excluding carboxylic acids is 2. The first-order chi connectivity index (χ1) is 34.5. The van der Waals surface area contributed by atoms with Crippen LogP contribution in [0.2, 0.25) is 0 Å². The molecule has 0 radical (unpaired) electrons. The molecule has 1 amide bonds. The number of allylic oxidation sites excluding steroid dienone is 2. The normalized spacial score (nSPS) is 12.6. The molecule has 0 fully saturated rings. The molecule has 0 aromatic carbocycles. The minimum atomic E-state index is -0.681. The van der Waals surface area contributed by atoms with E-state index < -0.39 is 12.1 Å². The molecular formula is C64H125NO5. The molecule has 0 saturated carbocycles. The van der Waals surface area contributed by atoms with Crippen LogP contribution in [0.5, 0.6) is 0 Å². The highest BCUT2D eigenvalue weighted by Gasteiger charge is 2.20. The summed E-state index contributed by atoms with van der Waals surface area (Å²) in [5, 5.41) is 23.4. The minimum Gasteiger partial charge on any atom is -0.466 e. The summed E-state index contributed by atoms with van der Waals surface area (Å²) >= 11 is 0. The van der Waals surface area contributed by atoms with Gasteiger partial charge in [0.25, 0.3) is 0 Å². The second-order valence-corrected chi connectivity index (χ2v) is 22.1. The standard InChI is InChI=1S/C64H125NO5/c1-3-5-7-9-11-13-15-17-19-21-22-23-24-25-26-27-29-30-32-36-40-44-48-52-56-62(67)61(60-66)65-63(68)57-53-49-45-41-37-34-35-39-43-47-51-55-59-70-64(69)58-54-50-46-42-38-33-31-28-20-18-16-14-12-10-8-6-4-2/h35,39,61-62,66-67H,3-34,36-38,40-60H2,1-2H3,(H,65,68)/b39-35-. The number of rotatable bonds is 60. The average molecular weight is 989 g/mol. The number of aliphatic hydroxyl groups excluding tert-OH is 2. The summed E-state index contributed by atoms with van der Waals surface area (Å²) in [6, 6.07) is -0.561. The lowest BCUT2D eigenvalue weighted by Gasteiger charge is -2.22. The van der Waals surface area contributed by atoms with E-state index in [1.165, 1.54) is 250 Å². The second kappa shape index (κ2) is 60.2. The van der Waals surface area contributed by atoms with Crippen LogP contribution in [-0.2, 0) is 14.3 Å². The highest BCUT2D eigenvalue weighted by molar-refractivity contribution is 5.76. The lowest BCUT2D eigenvalue weighted by atomic mass is 10.0. The van der Waals surface area contributed by atoms with Gasteiger partial charge in [0, 0.05) is 12.8 Å². The van der Waals surface area contributed by atoms with E-state index in [4.69, 9.17) is 4.74 Å². The molecule has 0 aliphatic carbocycles. The third kappa shape index (κ3) is 55.9. The fourth-order valence-corrected chi connectivity index (χ4v) is 10.2. The Morgan fingerprint density at radius 3 is 1.01 bits per heavy atom. The first-order valence-corrected chi connectivity index (χ1v) is 31.9. The lowest BCUT2D eigenvalue weighted by molar-refractivity contribution is -0.143. The zero-order chi connectivity index (χ0) is 50.7. The van der Waals surface area contributed by atoms with Gasteiger partial charge in [-0.25, -0.2) is 0 Å². The molecule has 3 N–H and O–H groups in total. The third-order valence-electron chi connectivity index (χ3n) is 15.1. The topological polar surface area (TPSA) is 95.9 Å². The third-order valence-corrected chi connectivity index (χ3v) is 15.1. The molecule has 416 valence electrons. The van der Waals surface area contributed by atoms with Crippen LogP contribution < -0.4 is 5.32 Å². The van der Waals surface area contributed by atoms with E-state index in [0.717, 1.165) is 77.0 Å². The van der Waals surface area contributed by atoms with Crippen molar-refractivity contribution in [1.29, 1.82) is 0 Å². The number of hydrogen-bond donors (Lipinski definition) is 3. The Hall–Kier alpha value is -1.40. The zero-order valence-corrected chi connectivity index (χ0v) is 47.5. The first-order valence-electron chi connectivity index (χ1n) is 31.9. The first kappa shape index (κ1) is 68.6. The second-order valence-electron chi connectivity index (χ2n) is 22.1. The van der Waals surface area contributed by atoms with Gasteiger partial charge in [0.05, 0.1) is 25.4 Å². The van der Waals surface area contributed by atoms with Crippen molar-refractivity contribution in [3.05, 3.63) is 12.2 Å². The SMILES string of the molecule is CCCCCCCCCCCCCCCCCCCCCCCCCCC(O)C(CO)NC(=O)CCCCCCC/C=C\CCCCCOC(=O)CCCCCCCCCCCCCCCCCCC. The van der Waals surface area contributed by atoms with Gasteiger partial charge in [-0.05, 0) is 57.8 Å². The average Bonchev–Trinajstić information content (AvgIpc) is 3.36. The van der Waals surface area contributed by atoms with Crippen LogP contribution in [0, 0.1) is 0 Å². The van der Waals surface area contributed by atoms with E-state index in [0.29, 0.717) is 25.9 Å². The molecule has 0 aliphatic heterocycles. The Bertz CT molecular complexity index is 1050. The number of amides is 1. The van der Waals surface area contributed by atoms with Gasteiger partial charge >= 0.3 is 5.97 Å². The van der Waals surface area contributed by atoms with E-state index in [1.54, 1.807) is 0 Å². The fourth-order valence-electron chi connectivity index (χ4n) is 10.2. The molecule has 0 spiro atoms. The maximum absolute atomic E-state index is 12.5. The van der Waals surface area contributed by atoms with Crippen molar-refractivity contribution in [2.75, 3.05) is 13.2 Å². The van der Waals surface area contributed by atoms with Gasteiger partial charge in [0.15, 0.2) is 0 Å². The van der Waals surface area contributed by atoms with Crippen LogP contribution in [0.3, 0.4) is 0 Å². The number of ether oxygens (including phenoxy) is 1. The van der Waals surface area contributed by atoms with Gasteiger partial charge in [0.1, 0.15) is 0 Å². The summed E-state index contributed by atoms with van der Waals surface area (Å²) in [4.78, 5) is 24.6. The highest BCUT2D eigenvalue weighted by atomic mass is 16.5. The van der Waals surface area contributed by atoms with Gasteiger partial charge in [-0.15, -0.1) is 0 Å². The van der Waals surface area contributed by atoms with Crippen molar-refractivity contribution in [2.45, 2.75) is 373 Å². The van der Waals surface area contributed by atoms with Crippen LogP contribution in [0.1, 0.15) is 361 Å². The molecular weight excluding hydrogens is 863 g/mol. The van der Waals surface area contributed by atoms with Crippen molar-refractivity contribution in [3.8, 4) is 0 Å². The van der Waals surface area contributed by atoms with Crippen molar-refractivity contribution in [3.63, 3.8) is 0 Å². The van der Waals surface area contributed by atoms with Gasteiger partial charge < -0.3 is 20.3 Å². The van der Waals surface area contributed by atoms with Crippen molar-refractivity contribution in [1.82, 2.24) is 5.32 Å². The van der Waals surface area contributed by atoms with Gasteiger partial charge in [-0.1, -0.05) is 302 Å². The minimum absolute atomic E-state index is 0.0174. The molecule has 0 aromatic heterocycles. The smallest absolute Gasteiger partial charge is 0.305 e. The molecule has 2 unspecified atom stereocenters. The summed E-state index contributed by atoms with van der Waals surface area (Å²) < 4.78 is 5.47. The maximum Gasteiger partial charge on any atom is 0.305 e. The number of aliphatic hydroxyl groups is 2. The highest BCUT2D eigenvalue weighted by Crippen LogP contribution is 2.18. The van der Waals surface area contributed by atoms with Crippen molar-refractivity contribution < 1.29 is 24.5 Å². The summed E-state index contributed by atoms with van der Waals surface area (Å²) in [5.41, 5.74) is 0. The fraction of sp³-hybridized carbons (Fsp3) is 0.938. The molecule has 2 atom stereocenters. The van der Waals surface area contributed by atoms with Gasteiger partial charge in [-0.3, -0.25) is 9.59 Å². The molecule has 0 aliphatic rings. The van der Waals surface area contributed by atoms with Gasteiger partial charge in [-0.2, -0.15) is 0 Å². The van der Waals surface area contributed by atoms with E-state index in [1.807, 2.05) is 0 Å². The molecule has 0 heterocycles. The van der Waals surface area contributed by atoms with Crippen LogP contribution in [0.15, 0.2) is 12.2 Å². The lowest BCUT2D eigenvalue weighted by Crippen LogP contribution is -2.45. The van der Waals surface area contributed by atoms with Crippen molar-refractivity contribution in [2.24, 2.45) is 0 Å². The van der Waals surface area contributed by atoms with Crippen LogP contribution in [-0.4, -0.2) is 47.4 Å². The number of carbonyl (C=O) groups is 2. The molecule has 0 saturated heterocycles. The van der Waals surface area contributed by atoms with E-state index in [2.05, 4.69) is 31.3 Å². The molecule has 6 nitrogen and oxygen atoms in total. The van der Waals surface area contributed by atoms with E-state index in [-0.39, 0.29) is 18.5 Å². The Morgan fingerprint density at radius 1 is 0.386 bits per heavy atom. The summed E-state index contributed by atoms with van der Waals surface area (Å²) in [7, 11) is 0. The Kier molecular flexibility index (Phi) is 59.0. The number of esters is 1. The number of hydrogen-bond acceptors (Lipinski definition) is 5. The quantitative estimate of drug-likeness (QED) is 0.0321. The van der Waals surface area contributed by atoms with Gasteiger partial charge in [0.2, 0.25) is 5.91 Å². The Morgan fingerprint density at radius 2 is 0.671 bits per heavy atom. The number of unbranched alkanes of at least 4 members (excludes halogenated alkanes) is 47. The molecule has 0 aromatic rings. The summed E-state index contributed by atoms with van der Waals surface area (Å²) in [6.07, 6.45) is 72.3. The number of nitrogens with one attached hydrogen (secondary N) is 1. The Balaban J connectivity index is 3.46. The van der Waals surface area contributed by atoms with Crippen LogP contribution in [0.25, 0.3) is 0 Å². The molecule has 70 heavy (non-hydrogen) atoms. The van der Waals surface area contributed by atoms with Crippen LogP contribution in [0.4, 0.5) is 0 Å². The largest absolute Gasteiger partial charge is 0.466 e. The van der Waals surface area contributed by atoms with Crippen molar-refractivity contribution >= 4 is 11.9 Å². The predicted octanol–water partition coefficient (Wildman–Crippen LogP) is 20.0. The molecule has 0 rings (SSSR count). The van der Waals surface area contributed by atoms with Crippen LogP contribution >= 0.6 is 0 Å². The monoisotopic (exact) mass is 988 g/mol. The zero-order valence-electron chi connectivity index (χ0n) is 47.5. The van der Waals surface area contributed by atoms with E-state index >= 15 is 0 Å². The summed E-state index contributed by atoms with van der Waals surface area (Å²) in [6.45, 7) is 4.93. The molecule has 6 heteroatoms.